The first-order valence-electron chi connectivity index (χ1n) is 6.82. The predicted octanol–water partition coefficient (Wildman–Crippen LogP) is 3.60. The maximum Gasteiger partial charge on any atom is 0.0954 e. The molecule has 96 valence electrons. The van der Waals surface area contributed by atoms with Crippen molar-refractivity contribution < 1.29 is 0 Å². The Balaban J connectivity index is 1.86. The maximum atomic E-state index is 4.81. The zero-order chi connectivity index (χ0) is 12.5. The molecule has 1 unspecified atom stereocenters. The number of piperidine rings is 1. The molecule has 0 amide bonds. The van der Waals surface area contributed by atoms with E-state index < -0.39 is 0 Å². The number of hydrogen-bond acceptors (Lipinski definition) is 3. The van der Waals surface area contributed by atoms with Crippen LogP contribution in [-0.2, 0) is 6.42 Å². The molecule has 3 heteroatoms. The van der Waals surface area contributed by atoms with Crippen molar-refractivity contribution in [3.8, 4) is 0 Å². The lowest BCUT2D eigenvalue weighted by molar-refractivity contribution is 0.399. The van der Waals surface area contributed by atoms with Crippen molar-refractivity contribution in [3.05, 3.63) is 28.3 Å². The fourth-order valence-corrected chi connectivity index (χ4v) is 3.91. The van der Waals surface area contributed by atoms with Crippen LogP contribution in [0.5, 0.6) is 0 Å². The number of benzene rings is 1. The summed E-state index contributed by atoms with van der Waals surface area (Å²) in [4.78, 5) is 4.81. The SMILES string of the molecule is Cc1cc(C)c2sc(CC3CCCCN3)nc2c1. The summed E-state index contributed by atoms with van der Waals surface area (Å²) >= 11 is 1.88. The molecule has 1 saturated heterocycles. The largest absolute Gasteiger partial charge is 0.314 e. The smallest absolute Gasteiger partial charge is 0.0954 e. The van der Waals surface area contributed by atoms with Crippen LogP contribution in [-0.4, -0.2) is 17.6 Å². The van der Waals surface area contributed by atoms with Gasteiger partial charge in [-0.1, -0.05) is 12.5 Å². The van der Waals surface area contributed by atoms with Crippen LogP contribution < -0.4 is 5.32 Å². The Morgan fingerprint density at radius 3 is 3.00 bits per heavy atom. The van der Waals surface area contributed by atoms with E-state index in [0.29, 0.717) is 6.04 Å². The Morgan fingerprint density at radius 1 is 1.33 bits per heavy atom. The molecule has 1 aromatic carbocycles. The zero-order valence-corrected chi connectivity index (χ0v) is 11.9. The molecule has 0 saturated carbocycles. The van der Waals surface area contributed by atoms with Crippen molar-refractivity contribution in [2.24, 2.45) is 0 Å². The number of aryl methyl sites for hydroxylation is 2. The quantitative estimate of drug-likeness (QED) is 0.892. The molecule has 1 aliphatic heterocycles. The lowest BCUT2D eigenvalue weighted by Crippen LogP contribution is -2.35. The van der Waals surface area contributed by atoms with Gasteiger partial charge in [0.1, 0.15) is 0 Å². The van der Waals surface area contributed by atoms with E-state index in [9.17, 15) is 0 Å². The van der Waals surface area contributed by atoms with E-state index in [1.54, 1.807) is 0 Å². The molecular weight excluding hydrogens is 240 g/mol. The van der Waals surface area contributed by atoms with Crippen LogP contribution in [0.15, 0.2) is 12.1 Å². The predicted molar refractivity (Wildman–Crippen MR) is 78.4 cm³/mol. The van der Waals surface area contributed by atoms with Gasteiger partial charge in [-0.3, -0.25) is 0 Å². The van der Waals surface area contributed by atoms with Crippen LogP contribution in [0, 0.1) is 13.8 Å². The van der Waals surface area contributed by atoms with Gasteiger partial charge in [0.15, 0.2) is 0 Å². The second-order valence-electron chi connectivity index (χ2n) is 5.39. The first kappa shape index (κ1) is 12.1. The Morgan fingerprint density at radius 2 is 2.22 bits per heavy atom. The maximum absolute atomic E-state index is 4.81. The summed E-state index contributed by atoms with van der Waals surface area (Å²) in [7, 11) is 0. The summed E-state index contributed by atoms with van der Waals surface area (Å²) in [6, 6.07) is 5.10. The highest BCUT2D eigenvalue weighted by Crippen LogP contribution is 2.28. The molecule has 0 bridgehead atoms. The highest BCUT2D eigenvalue weighted by Gasteiger charge is 2.15. The molecule has 0 aliphatic carbocycles. The molecule has 2 aromatic rings. The summed E-state index contributed by atoms with van der Waals surface area (Å²) < 4.78 is 1.37. The lowest BCUT2D eigenvalue weighted by Gasteiger charge is -2.22. The number of fused-ring (bicyclic) bond motifs is 1. The Hall–Kier alpha value is -0.930. The summed E-state index contributed by atoms with van der Waals surface area (Å²) in [6.45, 7) is 5.51. The third-order valence-corrected chi connectivity index (χ3v) is 4.93. The fraction of sp³-hybridized carbons (Fsp3) is 0.533. The first-order valence-corrected chi connectivity index (χ1v) is 7.64. The number of rotatable bonds is 2. The summed E-state index contributed by atoms with van der Waals surface area (Å²) in [5, 5.41) is 4.89. The third-order valence-electron chi connectivity index (χ3n) is 3.70. The van der Waals surface area contributed by atoms with Gasteiger partial charge in [-0.05, 0) is 50.4 Å². The van der Waals surface area contributed by atoms with Gasteiger partial charge in [-0.25, -0.2) is 4.98 Å². The van der Waals surface area contributed by atoms with Gasteiger partial charge < -0.3 is 5.32 Å². The summed E-state index contributed by atoms with van der Waals surface area (Å²) in [6.07, 6.45) is 5.08. The van der Waals surface area contributed by atoms with Crippen molar-refractivity contribution in [1.82, 2.24) is 10.3 Å². The average Bonchev–Trinajstić information content (AvgIpc) is 2.73. The molecule has 3 rings (SSSR count). The molecule has 1 aliphatic rings. The Labute approximate surface area is 112 Å². The minimum atomic E-state index is 0.640. The molecule has 1 fully saturated rings. The monoisotopic (exact) mass is 260 g/mol. The van der Waals surface area contributed by atoms with E-state index in [1.165, 1.54) is 52.2 Å². The van der Waals surface area contributed by atoms with E-state index >= 15 is 0 Å². The molecule has 2 nitrogen and oxygen atoms in total. The zero-order valence-electron chi connectivity index (χ0n) is 11.1. The van der Waals surface area contributed by atoms with Crippen molar-refractivity contribution in [3.63, 3.8) is 0 Å². The Kier molecular flexibility index (Phi) is 3.35. The molecule has 1 atom stereocenters. The highest BCUT2D eigenvalue weighted by atomic mass is 32.1. The van der Waals surface area contributed by atoms with Crippen LogP contribution >= 0.6 is 11.3 Å². The van der Waals surface area contributed by atoms with Crippen molar-refractivity contribution in [2.75, 3.05) is 6.54 Å². The van der Waals surface area contributed by atoms with Gasteiger partial charge in [-0.2, -0.15) is 0 Å². The van der Waals surface area contributed by atoms with Gasteiger partial charge in [0.2, 0.25) is 0 Å². The van der Waals surface area contributed by atoms with Crippen LogP contribution in [0.3, 0.4) is 0 Å². The summed E-state index contributed by atoms with van der Waals surface area (Å²) in [5.74, 6) is 0. The van der Waals surface area contributed by atoms with Crippen molar-refractivity contribution in [1.29, 1.82) is 0 Å². The van der Waals surface area contributed by atoms with Crippen LogP contribution in [0.25, 0.3) is 10.2 Å². The highest BCUT2D eigenvalue weighted by molar-refractivity contribution is 7.18. The molecule has 0 radical (unpaired) electrons. The second kappa shape index (κ2) is 4.98. The van der Waals surface area contributed by atoms with Crippen molar-refractivity contribution in [2.45, 2.75) is 45.6 Å². The van der Waals surface area contributed by atoms with Gasteiger partial charge in [0, 0.05) is 12.5 Å². The Bertz CT molecular complexity index is 553. The minimum Gasteiger partial charge on any atom is -0.314 e. The number of aromatic nitrogens is 1. The normalized spacial score (nSPS) is 20.4. The topological polar surface area (TPSA) is 24.9 Å². The minimum absolute atomic E-state index is 0.640. The average molecular weight is 260 g/mol. The molecular formula is C15H20N2S. The molecule has 2 heterocycles. The lowest BCUT2D eigenvalue weighted by atomic mass is 10.0. The van der Waals surface area contributed by atoms with Gasteiger partial charge >= 0.3 is 0 Å². The second-order valence-corrected chi connectivity index (χ2v) is 6.47. The van der Waals surface area contributed by atoms with Gasteiger partial charge in [0.05, 0.1) is 15.2 Å². The molecule has 1 aromatic heterocycles. The number of hydrogen-bond donors (Lipinski definition) is 1. The van der Waals surface area contributed by atoms with E-state index in [0.717, 1.165) is 6.42 Å². The van der Waals surface area contributed by atoms with Crippen LogP contribution in [0.1, 0.15) is 35.4 Å². The van der Waals surface area contributed by atoms with Crippen LogP contribution in [0.4, 0.5) is 0 Å². The standard InChI is InChI=1S/C15H20N2S/c1-10-7-11(2)15-13(8-10)17-14(18-15)9-12-5-3-4-6-16-12/h7-8,12,16H,3-6,9H2,1-2H3. The van der Waals surface area contributed by atoms with Gasteiger partial charge in [-0.15, -0.1) is 11.3 Å². The van der Waals surface area contributed by atoms with Crippen molar-refractivity contribution >= 4 is 21.6 Å². The van der Waals surface area contributed by atoms with Gasteiger partial charge in [0.25, 0.3) is 0 Å². The molecule has 0 spiro atoms. The van der Waals surface area contributed by atoms with Crippen LogP contribution in [0.2, 0.25) is 0 Å². The fourth-order valence-electron chi connectivity index (χ4n) is 2.82. The number of nitrogens with one attached hydrogen (secondary N) is 1. The summed E-state index contributed by atoms with van der Waals surface area (Å²) in [5.41, 5.74) is 3.86. The molecule has 1 N–H and O–H groups in total. The van der Waals surface area contributed by atoms with E-state index in [1.807, 2.05) is 11.3 Å². The third kappa shape index (κ3) is 2.43. The number of nitrogens with zero attached hydrogens (tertiary/aromatic N) is 1. The first-order chi connectivity index (χ1) is 8.72. The van der Waals surface area contributed by atoms with E-state index in [-0.39, 0.29) is 0 Å². The molecule has 18 heavy (non-hydrogen) atoms. The number of thiazole rings is 1. The van der Waals surface area contributed by atoms with E-state index in [4.69, 9.17) is 4.98 Å². The van der Waals surface area contributed by atoms with E-state index in [2.05, 4.69) is 31.3 Å².